The lowest BCUT2D eigenvalue weighted by Gasteiger charge is -2.22. The highest BCUT2D eigenvalue weighted by Gasteiger charge is 2.16. The predicted molar refractivity (Wildman–Crippen MR) is 62.1 cm³/mol. The van der Waals surface area contributed by atoms with Gasteiger partial charge in [-0.1, -0.05) is 0 Å². The van der Waals surface area contributed by atoms with Crippen molar-refractivity contribution in [1.29, 1.82) is 0 Å². The van der Waals surface area contributed by atoms with E-state index in [1.807, 2.05) is 31.1 Å². The standard InChI is InChI=1S/C11H15N3O/c1-14(2)10-5-7-3-4-11(15)13-9(7)6-8(10)12/h5-6H,3-4,12H2,1-2H3,(H,13,15). The number of hydrogen-bond acceptors (Lipinski definition) is 3. The van der Waals surface area contributed by atoms with Crippen LogP contribution in [-0.4, -0.2) is 20.0 Å². The predicted octanol–water partition coefficient (Wildman–Crippen LogP) is 1.22. The van der Waals surface area contributed by atoms with Gasteiger partial charge in [0, 0.05) is 26.2 Å². The Morgan fingerprint density at radius 2 is 2.07 bits per heavy atom. The van der Waals surface area contributed by atoms with Crippen molar-refractivity contribution in [3.8, 4) is 0 Å². The summed E-state index contributed by atoms with van der Waals surface area (Å²) >= 11 is 0. The van der Waals surface area contributed by atoms with Gasteiger partial charge in [0.2, 0.25) is 5.91 Å². The molecule has 0 aliphatic carbocycles. The first-order valence-corrected chi connectivity index (χ1v) is 4.97. The Morgan fingerprint density at radius 3 is 2.73 bits per heavy atom. The van der Waals surface area contributed by atoms with Crippen LogP contribution in [0.1, 0.15) is 12.0 Å². The minimum atomic E-state index is 0.0690. The molecular weight excluding hydrogens is 190 g/mol. The van der Waals surface area contributed by atoms with E-state index in [1.165, 1.54) is 0 Å². The van der Waals surface area contributed by atoms with Crippen LogP contribution in [0.3, 0.4) is 0 Å². The molecule has 1 heterocycles. The normalized spacial score (nSPS) is 14.4. The Balaban J connectivity index is 2.46. The zero-order valence-electron chi connectivity index (χ0n) is 9.00. The van der Waals surface area contributed by atoms with Crippen LogP contribution in [0, 0.1) is 0 Å². The van der Waals surface area contributed by atoms with E-state index in [1.54, 1.807) is 0 Å². The van der Waals surface area contributed by atoms with Gasteiger partial charge in [-0.25, -0.2) is 0 Å². The molecule has 0 unspecified atom stereocenters. The number of anilines is 3. The maximum atomic E-state index is 11.2. The molecule has 4 heteroatoms. The number of fused-ring (bicyclic) bond motifs is 1. The second kappa shape index (κ2) is 3.46. The average Bonchev–Trinajstić information content (AvgIpc) is 2.15. The van der Waals surface area contributed by atoms with E-state index in [4.69, 9.17) is 5.73 Å². The largest absolute Gasteiger partial charge is 0.397 e. The average molecular weight is 205 g/mol. The van der Waals surface area contributed by atoms with Crippen molar-refractivity contribution in [2.75, 3.05) is 30.0 Å². The Morgan fingerprint density at radius 1 is 1.33 bits per heavy atom. The summed E-state index contributed by atoms with van der Waals surface area (Å²) in [5.74, 6) is 0.0690. The summed E-state index contributed by atoms with van der Waals surface area (Å²) in [5.41, 5.74) is 9.61. The van der Waals surface area contributed by atoms with Crippen molar-refractivity contribution in [3.05, 3.63) is 17.7 Å². The molecular formula is C11H15N3O. The molecule has 0 radical (unpaired) electrons. The number of nitrogens with two attached hydrogens (primary N) is 1. The number of rotatable bonds is 1. The van der Waals surface area contributed by atoms with Crippen LogP contribution < -0.4 is 16.0 Å². The van der Waals surface area contributed by atoms with E-state index < -0.39 is 0 Å². The van der Waals surface area contributed by atoms with Gasteiger partial charge in [-0.05, 0) is 24.1 Å². The van der Waals surface area contributed by atoms with E-state index in [0.717, 1.165) is 23.4 Å². The van der Waals surface area contributed by atoms with E-state index in [2.05, 4.69) is 5.32 Å². The van der Waals surface area contributed by atoms with Crippen LogP contribution in [0.2, 0.25) is 0 Å². The summed E-state index contributed by atoms with van der Waals surface area (Å²) < 4.78 is 0. The van der Waals surface area contributed by atoms with Crippen molar-refractivity contribution >= 4 is 23.0 Å². The Labute approximate surface area is 89.1 Å². The van der Waals surface area contributed by atoms with Gasteiger partial charge in [0.1, 0.15) is 0 Å². The molecule has 0 atom stereocenters. The molecule has 1 aromatic carbocycles. The number of hydrogen-bond donors (Lipinski definition) is 2. The van der Waals surface area contributed by atoms with Crippen LogP contribution in [0.15, 0.2) is 12.1 Å². The third-order valence-electron chi connectivity index (χ3n) is 2.63. The number of nitrogens with zero attached hydrogens (tertiary/aromatic N) is 1. The quantitative estimate of drug-likeness (QED) is 0.678. The molecule has 1 aliphatic heterocycles. The van der Waals surface area contributed by atoms with Crippen LogP contribution >= 0.6 is 0 Å². The smallest absolute Gasteiger partial charge is 0.224 e. The second-order valence-electron chi connectivity index (χ2n) is 4.01. The number of nitrogens with one attached hydrogen (secondary N) is 1. The van der Waals surface area contributed by atoms with Crippen molar-refractivity contribution in [2.24, 2.45) is 0 Å². The number of carbonyl (C=O) groups is 1. The van der Waals surface area contributed by atoms with Crippen LogP contribution in [0.5, 0.6) is 0 Å². The molecule has 0 bridgehead atoms. The van der Waals surface area contributed by atoms with Crippen LogP contribution in [0.25, 0.3) is 0 Å². The molecule has 3 N–H and O–H groups in total. The van der Waals surface area contributed by atoms with E-state index in [0.29, 0.717) is 12.1 Å². The van der Waals surface area contributed by atoms with Crippen LogP contribution in [-0.2, 0) is 11.2 Å². The third-order valence-corrected chi connectivity index (χ3v) is 2.63. The van der Waals surface area contributed by atoms with Gasteiger partial charge in [0.25, 0.3) is 0 Å². The fourth-order valence-corrected chi connectivity index (χ4v) is 1.82. The van der Waals surface area contributed by atoms with Gasteiger partial charge in [0.05, 0.1) is 11.4 Å². The molecule has 0 aromatic heterocycles. The highest BCUT2D eigenvalue weighted by atomic mass is 16.1. The summed E-state index contributed by atoms with van der Waals surface area (Å²) in [4.78, 5) is 13.2. The molecule has 15 heavy (non-hydrogen) atoms. The maximum Gasteiger partial charge on any atom is 0.224 e. The Bertz CT molecular complexity index is 413. The summed E-state index contributed by atoms with van der Waals surface area (Å²) in [6.45, 7) is 0. The molecule has 80 valence electrons. The monoisotopic (exact) mass is 205 g/mol. The number of benzene rings is 1. The van der Waals surface area contributed by atoms with Crippen molar-refractivity contribution in [1.82, 2.24) is 0 Å². The molecule has 4 nitrogen and oxygen atoms in total. The van der Waals surface area contributed by atoms with Crippen molar-refractivity contribution < 1.29 is 4.79 Å². The lowest BCUT2D eigenvalue weighted by atomic mass is 10.0. The highest BCUT2D eigenvalue weighted by Crippen LogP contribution is 2.32. The lowest BCUT2D eigenvalue weighted by molar-refractivity contribution is -0.116. The van der Waals surface area contributed by atoms with Gasteiger partial charge in [-0.2, -0.15) is 0 Å². The van der Waals surface area contributed by atoms with Crippen molar-refractivity contribution in [3.63, 3.8) is 0 Å². The molecule has 1 aliphatic rings. The SMILES string of the molecule is CN(C)c1cc2c(cc1N)NC(=O)CC2. The topological polar surface area (TPSA) is 58.4 Å². The van der Waals surface area contributed by atoms with Crippen molar-refractivity contribution in [2.45, 2.75) is 12.8 Å². The summed E-state index contributed by atoms with van der Waals surface area (Å²) in [5, 5.41) is 2.83. The zero-order valence-corrected chi connectivity index (χ0v) is 9.00. The van der Waals surface area contributed by atoms with Gasteiger partial charge in [0.15, 0.2) is 0 Å². The van der Waals surface area contributed by atoms with Gasteiger partial charge < -0.3 is 16.0 Å². The minimum absolute atomic E-state index is 0.0690. The zero-order chi connectivity index (χ0) is 11.0. The first-order valence-electron chi connectivity index (χ1n) is 4.97. The molecule has 1 aromatic rings. The summed E-state index contributed by atoms with van der Waals surface area (Å²) in [7, 11) is 3.92. The molecule has 0 fully saturated rings. The fourth-order valence-electron chi connectivity index (χ4n) is 1.82. The van der Waals surface area contributed by atoms with E-state index in [-0.39, 0.29) is 5.91 Å². The molecule has 2 rings (SSSR count). The molecule has 0 saturated heterocycles. The van der Waals surface area contributed by atoms with Gasteiger partial charge >= 0.3 is 0 Å². The maximum absolute atomic E-state index is 11.2. The van der Waals surface area contributed by atoms with Crippen LogP contribution in [0.4, 0.5) is 17.1 Å². The Kier molecular flexibility index (Phi) is 2.26. The molecule has 0 saturated carbocycles. The fraction of sp³-hybridized carbons (Fsp3) is 0.364. The third kappa shape index (κ3) is 1.75. The lowest BCUT2D eigenvalue weighted by Crippen LogP contribution is -2.20. The van der Waals surface area contributed by atoms with E-state index >= 15 is 0 Å². The molecule has 0 spiro atoms. The molecule has 1 amide bonds. The van der Waals surface area contributed by atoms with Gasteiger partial charge in [-0.15, -0.1) is 0 Å². The van der Waals surface area contributed by atoms with Gasteiger partial charge in [-0.3, -0.25) is 4.79 Å². The Hall–Kier alpha value is -1.71. The number of aryl methyl sites for hydroxylation is 1. The first kappa shape index (κ1) is 9.83. The number of nitrogen functional groups attached to an aromatic ring is 1. The first-order chi connectivity index (χ1) is 7.08. The number of carbonyl (C=O) groups excluding carboxylic acids is 1. The second-order valence-corrected chi connectivity index (χ2v) is 4.01. The number of amides is 1. The summed E-state index contributed by atoms with van der Waals surface area (Å²) in [6.07, 6.45) is 1.35. The minimum Gasteiger partial charge on any atom is -0.397 e. The summed E-state index contributed by atoms with van der Waals surface area (Å²) in [6, 6.07) is 3.88. The van der Waals surface area contributed by atoms with E-state index in [9.17, 15) is 4.79 Å². The highest BCUT2D eigenvalue weighted by molar-refractivity contribution is 5.95.